The summed E-state index contributed by atoms with van der Waals surface area (Å²) in [4.78, 5) is 13.2. The lowest BCUT2D eigenvalue weighted by Crippen LogP contribution is -2.41. The van der Waals surface area contributed by atoms with Crippen molar-refractivity contribution in [3.63, 3.8) is 0 Å². The fourth-order valence-electron chi connectivity index (χ4n) is 2.98. The highest BCUT2D eigenvalue weighted by molar-refractivity contribution is 8.00. The molecule has 2 rings (SSSR count). The molecule has 2 atom stereocenters. The number of carboxylic acids is 1. The van der Waals surface area contributed by atoms with E-state index in [0.29, 0.717) is 12.3 Å². The van der Waals surface area contributed by atoms with E-state index in [1.807, 2.05) is 0 Å². The number of rotatable bonds is 4. The van der Waals surface area contributed by atoms with Crippen molar-refractivity contribution in [1.82, 2.24) is 4.90 Å². The van der Waals surface area contributed by atoms with Crippen LogP contribution in [-0.4, -0.2) is 46.1 Å². The number of hydrogen-bond acceptors (Lipinski definition) is 3. The SMILES string of the molecule is CC1CC(N2CCC(CCC(=O)O)CC2)CS1. The Balaban J connectivity index is 1.69. The van der Waals surface area contributed by atoms with Crippen molar-refractivity contribution in [1.29, 1.82) is 0 Å². The van der Waals surface area contributed by atoms with Gasteiger partial charge in [0.1, 0.15) is 0 Å². The molecule has 0 radical (unpaired) electrons. The van der Waals surface area contributed by atoms with E-state index >= 15 is 0 Å². The molecule has 0 spiro atoms. The zero-order chi connectivity index (χ0) is 12.3. The summed E-state index contributed by atoms with van der Waals surface area (Å²) in [6.45, 7) is 4.69. The van der Waals surface area contributed by atoms with E-state index in [1.165, 1.54) is 38.1 Å². The summed E-state index contributed by atoms with van der Waals surface area (Å²) in [5, 5.41) is 9.51. The summed E-state index contributed by atoms with van der Waals surface area (Å²) in [7, 11) is 0. The van der Waals surface area contributed by atoms with Gasteiger partial charge in [0.25, 0.3) is 0 Å². The van der Waals surface area contributed by atoms with Gasteiger partial charge in [0, 0.05) is 23.5 Å². The molecule has 1 N–H and O–H groups in total. The molecule has 2 unspecified atom stereocenters. The zero-order valence-corrected chi connectivity index (χ0v) is 11.4. The third-order valence-corrected chi connectivity index (χ3v) is 5.45. The summed E-state index contributed by atoms with van der Waals surface area (Å²) in [6.07, 6.45) is 4.95. The number of thioether (sulfide) groups is 1. The minimum Gasteiger partial charge on any atom is -0.481 e. The predicted octanol–water partition coefficient (Wildman–Crippen LogP) is 2.46. The maximum absolute atomic E-state index is 10.5. The van der Waals surface area contributed by atoms with Gasteiger partial charge in [-0.05, 0) is 44.7 Å². The number of hydrogen-bond donors (Lipinski definition) is 1. The Hall–Kier alpha value is -0.220. The van der Waals surface area contributed by atoms with Crippen LogP contribution in [0.1, 0.15) is 39.0 Å². The van der Waals surface area contributed by atoms with Crippen molar-refractivity contribution in [3.05, 3.63) is 0 Å². The highest BCUT2D eigenvalue weighted by atomic mass is 32.2. The molecule has 0 aromatic rings. The van der Waals surface area contributed by atoms with Gasteiger partial charge in [0.2, 0.25) is 0 Å². The second-order valence-electron chi connectivity index (χ2n) is 5.45. The number of likely N-dealkylation sites (tertiary alicyclic amines) is 1. The molecular formula is C13H23NO2S. The fourth-order valence-corrected chi connectivity index (χ4v) is 4.24. The molecule has 0 aliphatic carbocycles. The van der Waals surface area contributed by atoms with Crippen LogP contribution in [0.2, 0.25) is 0 Å². The van der Waals surface area contributed by atoms with Crippen LogP contribution in [0.5, 0.6) is 0 Å². The number of aliphatic carboxylic acids is 1. The maximum Gasteiger partial charge on any atom is 0.303 e. The molecule has 4 heteroatoms. The third kappa shape index (κ3) is 3.88. The Bertz CT molecular complexity index is 264. The van der Waals surface area contributed by atoms with Crippen molar-refractivity contribution in [2.45, 2.75) is 50.3 Å². The van der Waals surface area contributed by atoms with Gasteiger partial charge in [-0.3, -0.25) is 9.69 Å². The number of carboxylic acid groups (broad SMARTS) is 1. The Kier molecular flexibility index (Phi) is 4.74. The van der Waals surface area contributed by atoms with Crippen LogP contribution in [0.25, 0.3) is 0 Å². The van der Waals surface area contributed by atoms with Gasteiger partial charge in [-0.1, -0.05) is 6.92 Å². The predicted molar refractivity (Wildman–Crippen MR) is 71.5 cm³/mol. The second kappa shape index (κ2) is 6.10. The first-order chi connectivity index (χ1) is 8.15. The van der Waals surface area contributed by atoms with E-state index in [9.17, 15) is 4.79 Å². The first kappa shape index (κ1) is 13.2. The Morgan fingerprint density at radius 1 is 1.41 bits per heavy atom. The van der Waals surface area contributed by atoms with Crippen molar-refractivity contribution >= 4 is 17.7 Å². The second-order valence-corrected chi connectivity index (χ2v) is 6.92. The van der Waals surface area contributed by atoms with Crippen molar-refractivity contribution in [2.24, 2.45) is 5.92 Å². The minimum atomic E-state index is -0.645. The quantitative estimate of drug-likeness (QED) is 0.840. The van der Waals surface area contributed by atoms with Crippen LogP contribution in [0.4, 0.5) is 0 Å². The average Bonchev–Trinajstić information content (AvgIpc) is 2.74. The van der Waals surface area contributed by atoms with Crippen LogP contribution in [0, 0.1) is 5.92 Å². The summed E-state index contributed by atoms with van der Waals surface area (Å²) in [6, 6.07) is 0.787. The van der Waals surface area contributed by atoms with Crippen LogP contribution in [-0.2, 0) is 4.79 Å². The molecule has 3 nitrogen and oxygen atoms in total. The molecule has 0 bridgehead atoms. The Morgan fingerprint density at radius 2 is 2.12 bits per heavy atom. The van der Waals surface area contributed by atoms with E-state index in [4.69, 9.17) is 5.11 Å². The molecular weight excluding hydrogens is 234 g/mol. The third-order valence-electron chi connectivity index (χ3n) is 4.11. The molecule has 0 aromatic heterocycles. The van der Waals surface area contributed by atoms with Crippen molar-refractivity contribution in [3.8, 4) is 0 Å². The molecule has 0 saturated carbocycles. The molecule has 0 amide bonds. The zero-order valence-electron chi connectivity index (χ0n) is 10.6. The summed E-state index contributed by atoms with van der Waals surface area (Å²) in [5.41, 5.74) is 0. The molecule has 2 fully saturated rings. The van der Waals surface area contributed by atoms with Gasteiger partial charge in [0.05, 0.1) is 0 Å². The first-order valence-electron chi connectivity index (χ1n) is 6.72. The lowest BCUT2D eigenvalue weighted by atomic mass is 9.91. The van der Waals surface area contributed by atoms with E-state index < -0.39 is 5.97 Å². The summed E-state index contributed by atoms with van der Waals surface area (Å²) < 4.78 is 0. The standard InChI is InChI=1S/C13H23NO2S/c1-10-8-12(9-17-10)14-6-4-11(5-7-14)2-3-13(15)16/h10-12H,2-9H2,1H3,(H,15,16). The lowest BCUT2D eigenvalue weighted by Gasteiger charge is -2.35. The van der Waals surface area contributed by atoms with Gasteiger partial charge in [-0.15, -0.1) is 0 Å². The van der Waals surface area contributed by atoms with Gasteiger partial charge in [-0.25, -0.2) is 0 Å². The van der Waals surface area contributed by atoms with Crippen LogP contribution < -0.4 is 0 Å². The van der Waals surface area contributed by atoms with Crippen molar-refractivity contribution in [2.75, 3.05) is 18.8 Å². The summed E-state index contributed by atoms with van der Waals surface area (Å²) >= 11 is 2.09. The summed E-state index contributed by atoms with van der Waals surface area (Å²) in [5.74, 6) is 1.29. The minimum absolute atomic E-state index is 0.348. The van der Waals surface area contributed by atoms with E-state index in [1.54, 1.807) is 0 Å². The van der Waals surface area contributed by atoms with Gasteiger partial charge < -0.3 is 5.11 Å². The molecule has 2 heterocycles. The number of carbonyl (C=O) groups is 1. The van der Waals surface area contributed by atoms with Gasteiger partial charge >= 0.3 is 5.97 Å². The largest absolute Gasteiger partial charge is 0.481 e. The smallest absolute Gasteiger partial charge is 0.303 e. The lowest BCUT2D eigenvalue weighted by molar-refractivity contribution is -0.137. The van der Waals surface area contributed by atoms with E-state index in [0.717, 1.165) is 17.7 Å². The highest BCUT2D eigenvalue weighted by Gasteiger charge is 2.30. The number of nitrogens with zero attached hydrogens (tertiary/aromatic N) is 1. The maximum atomic E-state index is 10.5. The van der Waals surface area contributed by atoms with Crippen LogP contribution in [0.15, 0.2) is 0 Å². The van der Waals surface area contributed by atoms with Crippen LogP contribution in [0.3, 0.4) is 0 Å². The van der Waals surface area contributed by atoms with Gasteiger partial charge in [0.15, 0.2) is 0 Å². The molecule has 17 heavy (non-hydrogen) atoms. The molecule has 2 saturated heterocycles. The molecule has 2 aliphatic rings. The Labute approximate surface area is 108 Å². The number of piperidine rings is 1. The van der Waals surface area contributed by atoms with Gasteiger partial charge in [-0.2, -0.15) is 11.8 Å². The highest BCUT2D eigenvalue weighted by Crippen LogP contribution is 2.32. The van der Waals surface area contributed by atoms with Crippen LogP contribution >= 0.6 is 11.8 Å². The monoisotopic (exact) mass is 257 g/mol. The molecule has 2 aliphatic heterocycles. The average molecular weight is 257 g/mol. The molecule has 98 valence electrons. The fraction of sp³-hybridized carbons (Fsp3) is 0.923. The topological polar surface area (TPSA) is 40.5 Å². The van der Waals surface area contributed by atoms with Crippen molar-refractivity contribution < 1.29 is 9.90 Å². The Morgan fingerprint density at radius 3 is 2.65 bits per heavy atom. The first-order valence-corrected chi connectivity index (χ1v) is 7.77. The normalized spacial score (nSPS) is 31.8. The van der Waals surface area contributed by atoms with E-state index in [-0.39, 0.29) is 0 Å². The molecule has 0 aromatic carbocycles. The van der Waals surface area contributed by atoms with E-state index in [2.05, 4.69) is 23.6 Å².